The summed E-state index contributed by atoms with van der Waals surface area (Å²) in [6.07, 6.45) is 0. The molecule has 1 aromatic carbocycles. The number of nitrogens with one attached hydrogen (secondary N) is 1. The second-order valence-corrected chi connectivity index (χ2v) is 3.27. The normalized spacial score (nSPS) is 9.38. The summed E-state index contributed by atoms with van der Waals surface area (Å²) in [5.41, 5.74) is 2.66. The van der Waals surface area contributed by atoms with Crippen LogP contribution in [0.4, 0.5) is 5.69 Å². The first-order valence-electron chi connectivity index (χ1n) is 4.57. The van der Waals surface area contributed by atoms with Crippen LogP contribution in [0.25, 0.3) is 0 Å². The monoisotopic (exact) mass is 221 g/mol. The van der Waals surface area contributed by atoms with Gasteiger partial charge in [-0.1, -0.05) is 12.1 Å². The fourth-order valence-electron chi connectivity index (χ4n) is 1.05. The first-order valence-corrected chi connectivity index (χ1v) is 4.57. The molecular weight excluding hydrogens is 210 g/mol. The molecule has 0 aliphatic carbocycles. The molecule has 84 valence electrons. The number of rotatable bonds is 3. The Morgan fingerprint density at radius 1 is 1.38 bits per heavy atom. The molecule has 0 saturated heterocycles. The molecule has 0 bridgehead atoms. The van der Waals surface area contributed by atoms with E-state index in [-0.39, 0.29) is 11.3 Å². The smallest absolute Gasteiger partial charge is 0.267 e. The lowest BCUT2D eigenvalue weighted by Crippen LogP contribution is -2.19. The fraction of sp³-hybridized carbons (Fsp3) is 0.200. The van der Waals surface area contributed by atoms with Gasteiger partial charge in [-0.3, -0.25) is 14.9 Å². The Morgan fingerprint density at radius 3 is 2.56 bits per heavy atom. The molecule has 1 aromatic rings. The molecule has 0 radical (unpaired) electrons. The van der Waals surface area contributed by atoms with Crippen LogP contribution in [-0.2, 0) is 0 Å². The summed E-state index contributed by atoms with van der Waals surface area (Å²) in [5.74, 6) is -0.589. The maximum Gasteiger partial charge on any atom is 0.282 e. The maximum atomic E-state index is 11.6. The third kappa shape index (κ3) is 2.88. The van der Waals surface area contributed by atoms with Crippen molar-refractivity contribution in [2.24, 2.45) is 5.10 Å². The number of para-hydroxylation sites is 1. The largest absolute Gasteiger partial charge is 0.282 e. The van der Waals surface area contributed by atoms with E-state index in [9.17, 15) is 14.9 Å². The third-order valence-electron chi connectivity index (χ3n) is 1.73. The van der Waals surface area contributed by atoms with E-state index < -0.39 is 10.8 Å². The van der Waals surface area contributed by atoms with Crippen molar-refractivity contribution in [1.82, 2.24) is 5.43 Å². The van der Waals surface area contributed by atoms with Crippen molar-refractivity contribution in [3.05, 3.63) is 39.9 Å². The summed E-state index contributed by atoms with van der Waals surface area (Å²) in [6, 6.07) is 5.72. The third-order valence-corrected chi connectivity index (χ3v) is 1.73. The lowest BCUT2D eigenvalue weighted by atomic mass is 10.2. The number of carbonyl (C=O) groups excluding carboxylic acids is 1. The van der Waals surface area contributed by atoms with E-state index in [4.69, 9.17) is 0 Å². The minimum Gasteiger partial charge on any atom is -0.267 e. The molecular formula is C10H11N3O3. The summed E-state index contributed by atoms with van der Waals surface area (Å²) in [5, 5.41) is 14.3. The Kier molecular flexibility index (Phi) is 3.71. The van der Waals surface area contributed by atoms with Crippen LogP contribution in [0, 0.1) is 10.1 Å². The van der Waals surface area contributed by atoms with E-state index in [1.54, 1.807) is 19.9 Å². The van der Waals surface area contributed by atoms with Crippen molar-refractivity contribution >= 4 is 17.3 Å². The minimum atomic E-state index is -0.600. The maximum absolute atomic E-state index is 11.6. The van der Waals surface area contributed by atoms with Gasteiger partial charge in [-0.25, -0.2) is 5.43 Å². The zero-order valence-electron chi connectivity index (χ0n) is 8.93. The summed E-state index contributed by atoms with van der Waals surface area (Å²) in [4.78, 5) is 21.6. The van der Waals surface area contributed by atoms with Crippen molar-refractivity contribution in [2.45, 2.75) is 13.8 Å². The van der Waals surface area contributed by atoms with Gasteiger partial charge in [0.2, 0.25) is 0 Å². The van der Waals surface area contributed by atoms with Gasteiger partial charge in [-0.15, -0.1) is 0 Å². The number of nitrogens with zero attached hydrogens (tertiary/aromatic N) is 2. The van der Waals surface area contributed by atoms with Gasteiger partial charge in [0.15, 0.2) is 0 Å². The average Bonchev–Trinajstić information content (AvgIpc) is 2.25. The number of nitro benzene ring substituents is 1. The highest BCUT2D eigenvalue weighted by Crippen LogP contribution is 2.17. The molecule has 0 fully saturated rings. The van der Waals surface area contributed by atoms with Crippen LogP contribution >= 0.6 is 0 Å². The molecule has 0 aliphatic heterocycles. The Labute approximate surface area is 92.1 Å². The lowest BCUT2D eigenvalue weighted by molar-refractivity contribution is -0.385. The summed E-state index contributed by atoms with van der Waals surface area (Å²) >= 11 is 0. The molecule has 1 rings (SSSR count). The van der Waals surface area contributed by atoms with Crippen LogP contribution in [0.3, 0.4) is 0 Å². The fourth-order valence-corrected chi connectivity index (χ4v) is 1.05. The van der Waals surface area contributed by atoms with Gasteiger partial charge in [0.05, 0.1) is 4.92 Å². The van der Waals surface area contributed by atoms with Crippen molar-refractivity contribution < 1.29 is 9.72 Å². The minimum absolute atomic E-state index is 0.00231. The van der Waals surface area contributed by atoms with Gasteiger partial charge >= 0.3 is 0 Å². The quantitative estimate of drug-likeness (QED) is 0.479. The SMILES string of the molecule is CC(C)=NNC(=O)c1ccccc1[N+](=O)[O-]. The van der Waals surface area contributed by atoms with Crippen molar-refractivity contribution in [3.63, 3.8) is 0 Å². The molecule has 0 aliphatic rings. The standard InChI is InChI=1S/C10H11N3O3/c1-7(2)11-12-10(14)8-5-3-4-6-9(8)13(15)16/h3-6H,1-2H3,(H,12,14). The summed E-state index contributed by atoms with van der Waals surface area (Å²) in [7, 11) is 0. The average molecular weight is 221 g/mol. The number of hydrogen-bond donors (Lipinski definition) is 1. The van der Waals surface area contributed by atoms with Crippen LogP contribution in [-0.4, -0.2) is 16.5 Å². The Morgan fingerprint density at radius 2 is 2.00 bits per heavy atom. The van der Waals surface area contributed by atoms with E-state index >= 15 is 0 Å². The van der Waals surface area contributed by atoms with Crippen LogP contribution in [0.1, 0.15) is 24.2 Å². The number of carbonyl (C=O) groups is 1. The van der Waals surface area contributed by atoms with Crippen LogP contribution in [0.2, 0.25) is 0 Å². The molecule has 0 unspecified atom stereocenters. The Balaban J connectivity index is 2.99. The van der Waals surface area contributed by atoms with Gasteiger partial charge in [-0.2, -0.15) is 5.10 Å². The van der Waals surface area contributed by atoms with Crippen LogP contribution < -0.4 is 5.43 Å². The van der Waals surface area contributed by atoms with E-state index in [0.717, 1.165) is 0 Å². The molecule has 0 spiro atoms. The first-order chi connectivity index (χ1) is 7.52. The van der Waals surface area contributed by atoms with Gasteiger partial charge < -0.3 is 0 Å². The number of amides is 1. The predicted molar refractivity (Wildman–Crippen MR) is 59.3 cm³/mol. The van der Waals surface area contributed by atoms with Gasteiger partial charge in [-0.05, 0) is 19.9 Å². The molecule has 16 heavy (non-hydrogen) atoms. The van der Waals surface area contributed by atoms with Gasteiger partial charge in [0, 0.05) is 11.8 Å². The van der Waals surface area contributed by atoms with E-state index in [1.165, 1.54) is 18.2 Å². The second-order valence-electron chi connectivity index (χ2n) is 3.27. The van der Waals surface area contributed by atoms with Crippen molar-refractivity contribution in [1.29, 1.82) is 0 Å². The molecule has 1 N–H and O–H groups in total. The number of hydrogen-bond acceptors (Lipinski definition) is 4. The molecule has 6 nitrogen and oxygen atoms in total. The molecule has 0 aromatic heterocycles. The highest BCUT2D eigenvalue weighted by molar-refractivity contribution is 5.98. The zero-order chi connectivity index (χ0) is 12.1. The van der Waals surface area contributed by atoms with Crippen LogP contribution in [0.15, 0.2) is 29.4 Å². The van der Waals surface area contributed by atoms with E-state index in [1.807, 2.05) is 0 Å². The lowest BCUT2D eigenvalue weighted by Gasteiger charge is -2.01. The van der Waals surface area contributed by atoms with Crippen molar-refractivity contribution in [3.8, 4) is 0 Å². The van der Waals surface area contributed by atoms with E-state index in [2.05, 4.69) is 10.5 Å². The van der Waals surface area contributed by atoms with E-state index in [0.29, 0.717) is 5.71 Å². The zero-order valence-corrected chi connectivity index (χ0v) is 8.93. The molecule has 6 heteroatoms. The first kappa shape index (κ1) is 11.8. The molecule has 0 saturated carbocycles. The summed E-state index contributed by atoms with van der Waals surface area (Å²) in [6.45, 7) is 3.42. The topological polar surface area (TPSA) is 84.6 Å². The Bertz CT molecular complexity index is 450. The van der Waals surface area contributed by atoms with Gasteiger partial charge in [0.1, 0.15) is 5.56 Å². The number of benzene rings is 1. The Hall–Kier alpha value is -2.24. The number of nitro groups is 1. The molecule has 0 heterocycles. The predicted octanol–water partition coefficient (Wildman–Crippen LogP) is 1.72. The number of hydrazone groups is 1. The second kappa shape index (κ2) is 5.01. The highest BCUT2D eigenvalue weighted by atomic mass is 16.6. The highest BCUT2D eigenvalue weighted by Gasteiger charge is 2.18. The van der Waals surface area contributed by atoms with Gasteiger partial charge in [0.25, 0.3) is 11.6 Å². The van der Waals surface area contributed by atoms with Crippen LogP contribution in [0.5, 0.6) is 0 Å². The molecule has 0 atom stereocenters. The van der Waals surface area contributed by atoms with Crippen molar-refractivity contribution in [2.75, 3.05) is 0 Å². The molecule has 1 amide bonds. The summed E-state index contributed by atoms with van der Waals surface area (Å²) < 4.78 is 0.